The van der Waals surface area contributed by atoms with Gasteiger partial charge in [-0.2, -0.15) is 0 Å². The average molecular weight is 560 g/mol. The third-order valence-electron chi connectivity index (χ3n) is 10.00. The number of nitro groups is 1. The lowest BCUT2D eigenvalue weighted by molar-refractivity contribution is -0.385. The van der Waals surface area contributed by atoms with E-state index in [-0.39, 0.29) is 10.6 Å². The smallest absolute Gasteiger partial charge is 0.320 e. The molecule has 218 valence electrons. The molecule has 0 amide bonds. The van der Waals surface area contributed by atoms with Crippen molar-refractivity contribution in [1.82, 2.24) is 19.2 Å². The number of hydrogen-bond acceptors (Lipinski definition) is 6. The fourth-order valence-electron chi connectivity index (χ4n) is 7.44. The number of aliphatic carboxylic acids is 1. The van der Waals surface area contributed by atoms with Crippen LogP contribution in [0.3, 0.4) is 0 Å². The Morgan fingerprint density at radius 3 is 2.59 bits per heavy atom. The minimum absolute atomic E-state index is 0.124. The number of nitrogens with zero attached hydrogens (tertiary/aromatic N) is 5. The lowest BCUT2D eigenvalue weighted by Crippen LogP contribution is -2.43. The van der Waals surface area contributed by atoms with E-state index in [0.29, 0.717) is 29.2 Å². The minimum Gasteiger partial charge on any atom is -0.480 e. The minimum atomic E-state index is -0.676. The highest BCUT2D eigenvalue weighted by Crippen LogP contribution is 2.39. The fraction of sp³-hybridized carbons (Fsp3) is 0.562. The molecule has 1 aromatic carbocycles. The van der Waals surface area contributed by atoms with Crippen molar-refractivity contribution in [1.29, 1.82) is 0 Å². The summed E-state index contributed by atoms with van der Waals surface area (Å²) >= 11 is 0. The Balaban J connectivity index is 1.16. The van der Waals surface area contributed by atoms with Crippen LogP contribution >= 0.6 is 0 Å². The van der Waals surface area contributed by atoms with Gasteiger partial charge in [0.1, 0.15) is 11.7 Å². The molecule has 0 radical (unpaired) electrons. The number of piperidine rings is 1. The van der Waals surface area contributed by atoms with Gasteiger partial charge in [-0.25, -0.2) is 4.98 Å². The maximum atomic E-state index is 12.4. The van der Waals surface area contributed by atoms with Gasteiger partial charge < -0.3 is 10.0 Å². The van der Waals surface area contributed by atoms with Crippen molar-refractivity contribution in [3.8, 4) is 0 Å². The number of aryl methyl sites for hydroxylation is 2. The van der Waals surface area contributed by atoms with E-state index in [2.05, 4.69) is 46.0 Å². The lowest BCUT2D eigenvalue weighted by Gasteiger charge is -2.35. The maximum Gasteiger partial charge on any atom is 0.320 e. The van der Waals surface area contributed by atoms with Crippen LogP contribution in [0.1, 0.15) is 72.7 Å². The third-order valence-corrected chi connectivity index (χ3v) is 10.00. The van der Waals surface area contributed by atoms with E-state index in [0.717, 1.165) is 76.2 Å². The van der Waals surface area contributed by atoms with Gasteiger partial charge in [0.25, 0.3) is 5.69 Å². The number of pyridine rings is 1. The number of hydrogen-bond donors (Lipinski definition) is 1. The molecular weight excluding hydrogens is 518 g/mol. The van der Waals surface area contributed by atoms with Crippen molar-refractivity contribution >= 4 is 17.3 Å². The number of aromatic nitrogens is 2. The van der Waals surface area contributed by atoms with E-state index in [1.807, 2.05) is 10.6 Å². The van der Waals surface area contributed by atoms with E-state index in [4.69, 9.17) is 0 Å². The molecule has 9 heteroatoms. The van der Waals surface area contributed by atoms with Crippen LogP contribution in [0.5, 0.6) is 0 Å². The van der Waals surface area contributed by atoms with E-state index >= 15 is 0 Å². The van der Waals surface area contributed by atoms with Crippen LogP contribution in [-0.2, 0) is 4.79 Å². The van der Waals surface area contributed by atoms with Gasteiger partial charge in [0.05, 0.1) is 11.1 Å². The molecule has 2 saturated heterocycles. The first kappa shape index (κ1) is 27.8. The summed E-state index contributed by atoms with van der Waals surface area (Å²) in [6.45, 7) is 8.36. The Labute approximate surface area is 241 Å². The highest BCUT2D eigenvalue weighted by atomic mass is 16.6. The molecule has 3 atom stereocenters. The predicted octanol–water partition coefficient (Wildman–Crippen LogP) is 5.40. The first-order chi connectivity index (χ1) is 19.8. The summed E-state index contributed by atoms with van der Waals surface area (Å²) in [7, 11) is 0. The zero-order chi connectivity index (χ0) is 28.7. The van der Waals surface area contributed by atoms with Gasteiger partial charge in [-0.05, 0) is 69.7 Å². The zero-order valence-electron chi connectivity index (χ0n) is 24.1. The largest absolute Gasteiger partial charge is 0.480 e. The number of carboxylic acids is 1. The molecule has 2 aliphatic heterocycles. The number of carbonyl (C=O) groups is 1. The van der Waals surface area contributed by atoms with Crippen molar-refractivity contribution in [3.05, 3.63) is 75.2 Å². The Morgan fingerprint density at radius 1 is 1.15 bits per heavy atom. The number of likely N-dealkylation sites (tertiary alicyclic amines) is 2. The second-order valence-corrected chi connectivity index (χ2v) is 12.7. The van der Waals surface area contributed by atoms with Crippen LogP contribution in [0.4, 0.5) is 5.69 Å². The molecule has 41 heavy (non-hydrogen) atoms. The van der Waals surface area contributed by atoms with Gasteiger partial charge >= 0.3 is 5.97 Å². The number of carboxylic acid groups (broad SMARTS) is 1. The summed E-state index contributed by atoms with van der Waals surface area (Å²) in [5.74, 6) is 0.868. The predicted molar refractivity (Wildman–Crippen MR) is 157 cm³/mol. The van der Waals surface area contributed by atoms with E-state index in [9.17, 15) is 20.0 Å². The molecule has 6 rings (SSSR count). The van der Waals surface area contributed by atoms with Gasteiger partial charge in [-0.1, -0.05) is 49.1 Å². The van der Waals surface area contributed by atoms with Gasteiger partial charge in [0, 0.05) is 48.9 Å². The Morgan fingerprint density at radius 2 is 1.93 bits per heavy atom. The quantitative estimate of drug-likeness (QED) is 0.277. The standard InChI is InChI=1S/C32H41N5O4/c1-21-5-3-8-25(13-21)27-19-35(28(32(38)39)15-23-6-4-7-23)18-26(27)17-34-11-9-24(10-12-34)29-16-33-31-14-22(2)30(37(40)41)20-36(29)31/h3,5,8,13-14,16,20,23-24,26-28H,4,6-7,9-12,15,17-19H2,1-2H3,(H,38,39). The summed E-state index contributed by atoms with van der Waals surface area (Å²) in [6.07, 6.45) is 9.78. The zero-order valence-corrected chi connectivity index (χ0v) is 24.1. The molecule has 2 aromatic heterocycles. The lowest BCUT2D eigenvalue weighted by atomic mass is 9.80. The molecule has 9 nitrogen and oxygen atoms in total. The summed E-state index contributed by atoms with van der Waals surface area (Å²) in [6, 6.07) is 10.1. The molecule has 3 aliphatic rings. The summed E-state index contributed by atoms with van der Waals surface area (Å²) in [5.41, 5.74) is 5.12. The molecule has 0 bridgehead atoms. The monoisotopic (exact) mass is 559 g/mol. The second-order valence-electron chi connectivity index (χ2n) is 12.7. The number of rotatable bonds is 9. The topological polar surface area (TPSA) is 104 Å². The second kappa shape index (κ2) is 11.5. The number of imidazole rings is 1. The van der Waals surface area contributed by atoms with Crippen LogP contribution in [0, 0.1) is 35.8 Å². The highest BCUT2D eigenvalue weighted by Gasteiger charge is 2.41. The van der Waals surface area contributed by atoms with E-state index < -0.39 is 12.0 Å². The first-order valence-electron chi connectivity index (χ1n) is 15.1. The molecule has 3 aromatic rings. The van der Waals surface area contributed by atoms with Gasteiger partial charge in [-0.3, -0.25) is 24.2 Å². The van der Waals surface area contributed by atoms with E-state index in [1.165, 1.54) is 17.5 Å². The SMILES string of the molecule is Cc1cccc(C2CN(C(CC3CCC3)C(=O)O)CC2CN2CCC(c3cnc4cc(C)c([N+](=O)[O-])cn34)CC2)c1. The number of benzene rings is 1. The molecular formula is C32H41N5O4. The molecule has 0 spiro atoms. The Bertz CT molecular complexity index is 1420. The van der Waals surface area contributed by atoms with Crippen molar-refractivity contribution in [2.45, 2.75) is 70.3 Å². The molecule has 1 saturated carbocycles. The van der Waals surface area contributed by atoms with Gasteiger partial charge in [-0.15, -0.1) is 0 Å². The third kappa shape index (κ3) is 5.75. The van der Waals surface area contributed by atoms with Gasteiger partial charge in [0.2, 0.25) is 0 Å². The number of fused-ring (bicyclic) bond motifs is 1. The molecule has 3 fully saturated rings. The summed E-state index contributed by atoms with van der Waals surface area (Å²) < 4.78 is 1.90. The molecule has 3 unspecified atom stereocenters. The fourth-order valence-corrected chi connectivity index (χ4v) is 7.44. The van der Waals surface area contributed by atoms with Crippen molar-refractivity contribution in [3.63, 3.8) is 0 Å². The normalized spacial score (nSPS) is 23.6. The average Bonchev–Trinajstić information content (AvgIpc) is 3.51. The van der Waals surface area contributed by atoms with Crippen LogP contribution in [0.2, 0.25) is 0 Å². The maximum absolute atomic E-state index is 12.4. The molecule has 1 aliphatic carbocycles. The molecule has 4 heterocycles. The van der Waals surface area contributed by atoms with Gasteiger partial charge in [0.15, 0.2) is 0 Å². The van der Waals surface area contributed by atoms with Crippen LogP contribution in [0.15, 0.2) is 42.7 Å². The van der Waals surface area contributed by atoms with Crippen molar-refractivity contribution < 1.29 is 14.8 Å². The highest BCUT2D eigenvalue weighted by molar-refractivity contribution is 5.73. The summed E-state index contributed by atoms with van der Waals surface area (Å²) in [5, 5.41) is 21.7. The van der Waals surface area contributed by atoms with Crippen molar-refractivity contribution in [2.75, 3.05) is 32.7 Å². The Hall–Kier alpha value is -3.30. The van der Waals surface area contributed by atoms with Crippen LogP contribution < -0.4 is 0 Å². The van der Waals surface area contributed by atoms with E-state index in [1.54, 1.807) is 19.2 Å². The summed E-state index contributed by atoms with van der Waals surface area (Å²) in [4.78, 5) is 32.9. The Kier molecular flexibility index (Phi) is 7.83. The molecule has 1 N–H and O–H groups in total. The van der Waals surface area contributed by atoms with Crippen LogP contribution in [-0.4, -0.2) is 73.9 Å². The van der Waals surface area contributed by atoms with Crippen LogP contribution in [0.25, 0.3) is 5.65 Å². The van der Waals surface area contributed by atoms with Crippen molar-refractivity contribution in [2.24, 2.45) is 11.8 Å². The first-order valence-corrected chi connectivity index (χ1v) is 15.1.